The topological polar surface area (TPSA) is 118 Å². The number of primary amides is 1. The Balaban J connectivity index is 2.84. The number of aromatic nitrogens is 1. The molecule has 1 aromatic heterocycles. The summed E-state index contributed by atoms with van der Waals surface area (Å²) in [7, 11) is 0. The van der Waals surface area contributed by atoms with Crippen LogP contribution in [0.2, 0.25) is 0 Å². The summed E-state index contributed by atoms with van der Waals surface area (Å²) in [6, 6.07) is 3.16. The molecule has 13 heavy (non-hydrogen) atoms. The molecule has 0 aliphatic carbocycles. The smallest absolute Gasteiger partial charge is 0.252 e. The van der Waals surface area contributed by atoms with E-state index in [0.29, 0.717) is 5.82 Å². The Kier molecular flexibility index (Phi) is 3.15. The highest BCUT2D eigenvalue weighted by atomic mass is 16.1. The van der Waals surface area contributed by atoms with Crippen molar-refractivity contribution in [3.05, 3.63) is 23.9 Å². The van der Waals surface area contributed by atoms with Crippen LogP contribution in [0.4, 0.5) is 5.82 Å². The summed E-state index contributed by atoms with van der Waals surface area (Å²) in [6.07, 6.45) is 1.52. The van der Waals surface area contributed by atoms with E-state index >= 15 is 0 Å². The second-order valence-corrected chi connectivity index (χ2v) is 2.16. The lowest BCUT2D eigenvalue weighted by molar-refractivity contribution is 0.100. The highest BCUT2D eigenvalue weighted by Gasteiger charge is 2.06. The molecule has 1 rings (SSSR count). The zero-order valence-electron chi connectivity index (χ0n) is 6.74. The number of anilines is 1. The van der Waals surface area contributed by atoms with E-state index in [2.05, 4.69) is 21.5 Å². The largest absolute Gasteiger partial charge is 0.365 e. The average molecular weight is 182 g/mol. The van der Waals surface area contributed by atoms with E-state index in [1.54, 1.807) is 12.1 Å². The molecule has 0 aliphatic heterocycles. The van der Waals surface area contributed by atoms with Gasteiger partial charge in [-0.1, -0.05) is 0 Å². The summed E-state index contributed by atoms with van der Waals surface area (Å²) in [4.78, 5) is 14.7. The minimum Gasteiger partial charge on any atom is -0.365 e. The van der Waals surface area contributed by atoms with Gasteiger partial charge in [-0.25, -0.2) is 4.98 Å². The minimum absolute atomic E-state index is 0.283. The lowest BCUT2D eigenvalue weighted by Gasteiger charge is -2.07. The molecule has 0 saturated carbocycles. The second kappa shape index (κ2) is 4.36. The van der Waals surface area contributed by atoms with Gasteiger partial charge in [-0.2, -0.15) is 11.1 Å². The maximum absolute atomic E-state index is 10.8. The van der Waals surface area contributed by atoms with Crippen LogP contribution in [0.1, 0.15) is 10.4 Å². The van der Waals surface area contributed by atoms with Gasteiger partial charge in [0, 0.05) is 6.20 Å². The number of carbonyl (C=O) groups is 1. The van der Waals surface area contributed by atoms with E-state index in [1.807, 2.05) is 0 Å². The molecule has 7 nitrogen and oxygen atoms in total. The van der Waals surface area contributed by atoms with Crippen LogP contribution in [0.3, 0.4) is 0 Å². The van der Waals surface area contributed by atoms with Crippen LogP contribution in [0.5, 0.6) is 0 Å². The Morgan fingerprint density at radius 1 is 1.54 bits per heavy atom. The maximum Gasteiger partial charge on any atom is 0.252 e. The number of nitrogens with two attached hydrogens (primary N) is 2. The molecule has 0 spiro atoms. The molecule has 1 amide bonds. The molecule has 7 heteroatoms. The van der Waals surface area contributed by atoms with Crippen LogP contribution in [0.25, 0.3) is 0 Å². The lowest BCUT2D eigenvalue weighted by atomic mass is 10.2. The van der Waals surface area contributed by atoms with E-state index in [-0.39, 0.29) is 5.56 Å². The second-order valence-electron chi connectivity index (χ2n) is 2.16. The molecule has 0 fully saturated rings. The van der Waals surface area contributed by atoms with Gasteiger partial charge in [-0.05, 0) is 12.1 Å². The highest BCUT2D eigenvalue weighted by Crippen LogP contribution is 2.08. The molecule has 0 unspecified atom stereocenters. The number of hydrazine groups is 3. The summed E-state index contributed by atoms with van der Waals surface area (Å²) in [5, 5.41) is 0. The number of pyridine rings is 1. The molecule has 1 heterocycles. The van der Waals surface area contributed by atoms with E-state index in [0.717, 1.165) is 0 Å². The normalized spacial score (nSPS) is 9.62. The van der Waals surface area contributed by atoms with Gasteiger partial charge in [0.25, 0.3) is 5.91 Å². The van der Waals surface area contributed by atoms with Crippen LogP contribution in [-0.2, 0) is 0 Å². The summed E-state index contributed by atoms with van der Waals surface area (Å²) in [6.45, 7) is 0. The van der Waals surface area contributed by atoms with E-state index < -0.39 is 5.91 Å². The SMILES string of the molecule is NNNNc1ncccc1C(N)=O. The predicted molar refractivity (Wildman–Crippen MR) is 46.8 cm³/mol. The zero-order valence-corrected chi connectivity index (χ0v) is 6.74. The van der Waals surface area contributed by atoms with Gasteiger partial charge in [0.1, 0.15) is 0 Å². The van der Waals surface area contributed by atoms with Gasteiger partial charge < -0.3 is 5.73 Å². The van der Waals surface area contributed by atoms with Crippen molar-refractivity contribution < 1.29 is 4.79 Å². The molecule has 0 aliphatic rings. The average Bonchev–Trinajstić information content (AvgIpc) is 2.15. The van der Waals surface area contributed by atoms with Gasteiger partial charge >= 0.3 is 0 Å². The lowest BCUT2D eigenvalue weighted by Crippen LogP contribution is -2.42. The fraction of sp³-hybridized carbons (Fsp3) is 0. The molecular weight excluding hydrogens is 172 g/mol. The molecular formula is C6H10N6O. The van der Waals surface area contributed by atoms with Gasteiger partial charge in [-0.15, -0.1) is 0 Å². The standard InChI is InChI=1S/C6H10N6O/c7-5(13)4-2-1-3-9-6(4)10-12-11-8/h1-3,11-12H,8H2,(H2,7,13)(H,9,10). The number of amides is 1. The first-order valence-corrected chi connectivity index (χ1v) is 3.47. The Morgan fingerprint density at radius 2 is 2.31 bits per heavy atom. The first-order chi connectivity index (χ1) is 6.25. The third kappa shape index (κ3) is 2.37. The highest BCUT2D eigenvalue weighted by molar-refractivity contribution is 5.97. The van der Waals surface area contributed by atoms with Crippen molar-refractivity contribution in [2.45, 2.75) is 0 Å². The van der Waals surface area contributed by atoms with Crippen molar-refractivity contribution in [3.8, 4) is 0 Å². The Morgan fingerprint density at radius 3 is 2.92 bits per heavy atom. The van der Waals surface area contributed by atoms with Crippen molar-refractivity contribution in [3.63, 3.8) is 0 Å². The Bertz CT molecular complexity index is 301. The molecule has 0 saturated heterocycles. The van der Waals surface area contributed by atoms with Crippen LogP contribution in [-0.4, -0.2) is 10.9 Å². The third-order valence-electron chi connectivity index (χ3n) is 1.33. The van der Waals surface area contributed by atoms with Crippen molar-refractivity contribution in [1.82, 2.24) is 16.1 Å². The van der Waals surface area contributed by atoms with Gasteiger partial charge in [0.05, 0.1) is 5.56 Å². The van der Waals surface area contributed by atoms with Crippen LogP contribution in [0, 0.1) is 0 Å². The van der Waals surface area contributed by atoms with Crippen molar-refractivity contribution >= 4 is 11.7 Å². The molecule has 0 radical (unpaired) electrons. The molecule has 0 bridgehead atoms. The van der Waals surface area contributed by atoms with Crippen LogP contribution in [0.15, 0.2) is 18.3 Å². The summed E-state index contributed by atoms with van der Waals surface area (Å²) < 4.78 is 0. The zero-order chi connectivity index (χ0) is 9.68. The van der Waals surface area contributed by atoms with Crippen LogP contribution < -0.4 is 28.1 Å². The quantitative estimate of drug-likeness (QED) is 0.285. The fourth-order valence-electron chi connectivity index (χ4n) is 0.799. The molecule has 70 valence electrons. The van der Waals surface area contributed by atoms with Gasteiger partial charge in [0.2, 0.25) is 0 Å². The van der Waals surface area contributed by atoms with E-state index in [9.17, 15) is 4.79 Å². The molecule has 7 N–H and O–H groups in total. The summed E-state index contributed by atoms with van der Waals surface area (Å²) in [5.74, 6) is 4.69. The number of carbonyl (C=O) groups excluding carboxylic acids is 1. The molecule has 0 atom stereocenters. The fourth-order valence-corrected chi connectivity index (χ4v) is 0.799. The first-order valence-electron chi connectivity index (χ1n) is 3.47. The van der Waals surface area contributed by atoms with Crippen molar-refractivity contribution in [2.75, 3.05) is 5.43 Å². The minimum atomic E-state index is -0.561. The van der Waals surface area contributed by atoms with E-state index in [4.69, 9.17) is 11.6 Å². The number of nitrogens with one attached hydrogen (secondary N) is 3. The number of hydrogen-bond donors (Lipinski definition) is 5. The van der Waals surface area contributed by atoms with Crippen LogP contribution >= 0.6 is 0 Å². The van der Waals surface area contributed by atoms with Gasteiger partial charge in [-0.3, -0.25) is 16.1 Å². The third-order valence-corrected chi connectivity index (χ3v) is 1.33. The predicted octanol–water partition coefficient (Wildman–Crippen LogP) is -1.52. The molecule has 0 aromatic carbocycles. The Labute approximate surface area is 74.4 Å². The summed E-state index contributed by atoms with van der Waals surface area (Å²) in [5.41, 5.74) is 12.4. The number of hydrogen-bond acceptors (Lipinski definition) is 6. The van der Waals surface area contributed by atoms with Crippen molar-refractivity contribution in [1.29, 1.82) is 0 Å². The van der Waals surface area contributed by atoms with E-state index in [1.165, 1.54) is 6.20 Å². The first kappa shape index (κ1) is 9.39. The summed E-state index contributed by atoms with van der Waals surface area (Å²) >= 11 is 0. The van der Waals surface area contributed by atoms with Gasteiger partial charge in [0.15, 0.2) is 5.82 Å². The maximum atomic E-state index is 10.8. The number of nitrogens with zero attached hydrogens (tertiary/aromatic N) is 1. The van der Waals surface area contributed by atoms with Crippen molar-refractivity contribution in [2.24, 2.45) is 11.6 Å². The Hall–Kier alpha value is -1.70. The number of rotatable bonds is 4. The molecule has 1 aromatic rings. The monoisotopic (exact) mass is 182 g/mol.